The molecule has 0 unspecified atom stereocenters. The second-order valence-electron chi connectivity index (χ2n) is 7.49. The maximum absolute atomic E-state index is 12.3. The number of hydrogen-bond donors (Lipinski definition) is 1. The molecule has 0 spiro atoms. The Labute approximate surface area is 170 Å². The first-order valence-corrected chi connectivity index (χ1v) is 9.76. The lowest BCUT2D eigenvalue weighted by molar-refractivity contribution is -0.121. The van der Waals surface area contributed by atoms with Crippen LogP contribution >= 0.6 is 11.6 Å². The summed E-state index contributed by atoms with van der Waals surface area (Å²) >= 11 is 6.14. The highest BCUT2D eigenvalue weighted by atomic mass is 35.5. The SMILES string of the molecule is COc1ccc(CCC(=O)NCC(C)(C)c2ccc3c(c2)OCCO3)cc1Cl. The van der Waals surface area contributed by atoms with E-state index in [2.05, 4.69) is 19.2 Å². The Kier molecular flexibility index (Phi) is 6.35. The van der Waals surface area contributed by atoms with Gasteiger partial charge in [0.05, 0.1) is 12.1 Å². The number of benzene rings is 2. The topological polar surface area (TPSA) is 56.8 Å². The molecule has 6 heteroatoms. The zero-order valence-electron chi connectivity index (χ0n) is 16.5. The first kappa shape index (κ1) is 20.3. The minimum Gasteiger partial charge on any atom is -0.495 e. The maximum Gasteiger partial charge on any atom is 0.220 e. The van der Waals surface area contributed by atoms with E-state index in [4.69, 9.17) is 25.8 Å². The lowest BCUT2D eigenvalue weighted by Crippen LogP contribution is -2.36. The molecule has 1 aliphatic heterocycles. The monoisotopic (exact) mass is 403 g/mol. The third-order valence-corrected chi connectivity index (χ3v) is 5.20. The Hall–Kier alpha value is -2.40. The standard InChI is InChI=1S/C22H26ClNO4/c1-22(2,16-6-8-19-20(13-16)28-11-10-27-19)14-24-21(25)9-5-15-4-7-18(26-3)17(23)12-15/h4,6-8,12-13H,5,9-11,14H2,1-3H3,(H,24,25). The molecule has 0 fully saturated rings. The summed E-state index contributed by atoms with van der Waals surface area (Å²) in [4.78, 5) is 12.3. The van der Waals surface area contributed by atoms with Crippen LogP contribution < -0.4 is 19.5 Å². The molecule has 0 saturated carbocycles. The molecule has 0 bridgehead atoms. The Balaban J connectivity index is 1.54. The van der Waals surface area contributed by atoms with E-state index in [1.54, 1.807) is 7.11 Å². The van der Waals surface area contributed by atoms with E-state index in [0.29, 0.717) is 43.4 Å². The molecular weight excluding hydrogens is 378 g/mol. The number of amides is 1. The summed E-state index contributed by atoms with van der Waals surface area (Å²) in [5, 5.41) is 3.60. The summed E-state index contributed by atoms with van der Waals surface area (Å²) in [7, 11) is 1.58. The summed E-state index contributed by atoms with van der Waals surface area (Å²) < 4.78 is 16.4. The smallest absolute Gasteiger partial charge is 0.220 e. The minimum atomic E-state index is -0.227. The summed E-state index contributed by atoms with van der Waals surface area (Å²) in [6.45, 7) is 5.87. The molecule has 28 heavy (non-hydrogen) atoms. The second-order valence-corrected chi connectivity index (χ2v) is 7.90. The third-order valence-electron chi connectivity index (χ3n) is 4.91. The first-order chi connectivity index (χ1) is 13.4. The van der Waals surface area contributed by atoms with Crippen molar-refractivity contribution in [3.8, 4) is 17.2 Å². The number of hydrogen-bond acceptors (Lipinski definition) is 4. The molecule has 0 aliphatic carbocycles. The van der Waals surface area contributed by atoms with Crippen molar-refractivity contribution in [1.29, 1.82) is 0 Å². The molecule has 0 aromatic heterocycles. The van der Waals surface area contributed by atoms with Gasteiger partial charge in [0, 0.05) is 18.4 Å². The first-order valence-electron chi connectivity index (χ1n) is 9.38. The van der Waals surface area contributed by atoms with Gasteiger partial charge in [-0.15, -0.1) is 0 Å². The van der Waals surface area contributed by atoms with Crippen LogP contribution in [0.3, 0.4) is 0 Å². The van der Waals surface area contributed by atoms with E-state index in [1.165, 1.54) is 0 Å². The van der Waals surface area contributed by atoms with Gasteiger partial charge in [-0.05, 0) is 41.8 Å². The van der Waals surface area contributed by atoms with E-state index >= 15 is 0 Å². The molecule has 1 amide bonds. The highest BCUT2D eigenvalue weighted by Gasteiger charge is 2.24. The van der Waals surface area contributed by atoms with Crippen molar-refractivity contribution in [1.82, 2.24) is 5.32 Å². The van der Waals surface area contributed by atoms with Crippen LogP contribution in [-0.2, 0) is 16.6 Å². The van der Waals surface area contributed by atoms with Crippen LogP contribution in [0.4, 0.5) is 0 Å². The van der Waals surface area contributed by atoms with E-state index in [0.717, 1.165) is 22.6 Å². The Morgan fingerprint density at radius 3 is 2.61 bits per heavy atom. The van der Waals surface area contributed by atoms with Crippen LogP contribution in [-0.4, -0.2) is 32.8 Å². The predicted molar refractivity (Wildman–Crippen MR) is 110 cm³/mol. The average molecular weight is 404 g/mol. The van der Waals surface area contributed by atoms with Crippen LogP contribution in [0.25, 0.3) is 0 Å². The summed E-state index contributed by atoms with van der Waals surface area (Å²) in [5.74, 6) is 2.18. The highest BCUT2D eigenvalue weighted by molar-refractivity contribution is 6.32. The summed E-state index contributed by atoms with van der Waals surface area (Å²) in [6, 6.07) is 11.5. The van der Waals surface area contributed by atoms with Crippen molar-refractivity contribution < 1.29 is 19.0 Å². The van der Waals surface area contributed by atoms with Gasteiger partial charge in [0.1, 0.15) is 19.0 Å². The zero-order chi connectivity index (χ0) is 20.1. The average Bonchev–Trinajstić information content (AvgIpc) is 2.70. The number of rotatable bonds is 7. The van der Waals surface area contributed by atoms with E-state index in [9.17, 15) is 4.79 Å². The van der Waals surface area contributed by atoms with Crippen molar-refractivity contribution in [2.24, 2.45) is 0 Å². The summed E-state index contributed by atoms with van der Waals surface area (Å²) in [5.41, 5.74) is 1.88. The molecule has 5 nitrogen and oxygen atoms in total. The second kappa shape index (κ2) is 8.74. The van der Waals surface area contributed by atoms with Crippen molar-refractivity contribution >= 4 is 17.5 Å². The van der Waals surface area contributed by atoms with Crippen LogP contribution in [0.15, 0.2) is 36.4 Å². The number of carbonyl (C=O) groups excluding carboxylic acids is 1. The molecule has 2 aromatic carbocycles. The van der Waals surface area contributed by atoms with Gasteiger partial charge in [0.25, 0.3) is 0 Å². The lowest BCUT2D eigenvalue weighted by Gasteiger charge is -2.28. The fourth-order valence-electron chi connectivity index (χ4n) is 3.10. The predicted octanol–water partition coefficient (Wildman–Crippen LogP) is 4.15. The van der Waals surface area contributed by atoms with Crippen LogP contribution in [0.2, 0.25) is 5.02 Å². The Bertz CT molecular complexity index is 850. The van der Waals surface area contributed by atoms with Gasteiger partial charge in [0.15, 0.2) is 11.5 Å². The lowest BCUT2D eigenvalue weighted by atomic mass is 9.84. The fourth-order valence-corrected chi connectivity index (χ4v) is 3.38. The third kappa shape index (κ3) is 4.90. The molecule has 1 N–H and O–H groups in total. The largest absolute Gasteiger partial charge is 0.495 e. The number of fused-ring (bicyclic) bond motifs is 1. The number of ether oxygens (including phenoxy) is 3. The zero-order valence-corrected chi connectivity index (χ0v) is 17.3. The normalized spacial score (nSPS) is 13.1. The maximum atomic E-state index is 12.3. The van der Waals surface area contributed by atoms with Crippen LogP contribution in [0.5, 0.6) is 17.2 Å². The molecular formula is C22H26ClNO4. The molecule has 2 aromatic rings. The van der Waals surface area contributed by atoms with E-state index < -0.39 is 0 Å². The number of carbonyl (C=O) groups is 1. The minimum absolute atomic E-state index is 0.0116. The summed E-state index contributed by atoms with van der Waals surface area (Å²) in [6.07, 6.45) is 1.03. The molecule has 1 heterocycles. The molecule has 150 valence electrons. The van der Waals surface area contributed by atoms with Crippen molar-refractivity contribution in [3.63, 3.8) is 0 Å². The van der Waals surface area contributed by atoms with Gasteiger partial charge >= 0.3 is 0 Å². The Morgan fingerprint density at radius 2 is 1.89 bits per heavy atom. The molecule has 0 atom stereocenters. The molecule has 1 aliphatic rings. The van der Waals surface area contributed by atoms with Gasteiger partial charge in [-0.2, -0.15) is 0 Å². The highest BCUT2D eigenvalue weighted by Crippen LogP contribution is 2.35. The quantitative estimate of drug-likeness (QED) is 0.754. The molecule has 0 saturated heterocycles. The van der Waals surface area contributed by atoms with Crippen molar-refractivity contribution in [3.05, 3.63) is 52.5 Å². The van der Waals surface area contributed by atoms with Gasteiger partial charge in [-0.1, -0.05) is 37.6 Å². The van der Waals surface area contributed by atoms with Crippen LogP contribution in [0, 0.1) is 0 Å². The molecule has 3 rings (SSSR count). The van der Waals surface area contributed by atoms with Crippen LogP contribution in [0.1, 0.15) is 31.4 Å². The number of nitrogens with one attached hydrogen (secondary N) is 1. The number of methoxy groups -OCH3 is 1. The Morgan fingerprint density at radius 1 is 1.14 bits per heavy atom. The van der Waals surface area contributed by atoms with Gasteiger partial charge in [-0.3, -0.25) is 4.79 Å². The van der Waals surface area contributed by atoms with Gasteiger partial charge in [-0.25, -0.2) is 0 Å². The number of aryl methyl sites for hydroxylation is 1. The van der Waals surface area contributed by atoms with E-state index in [1.807, 2.05) is 36.4 Å². The van der Waals surface area contributed by atoms with Gasteiger partial charge < -0.3 is 19.5 Å². The van der Waals surface area contributed by atoms with Crippen molar-refractivity contribution in [2.75, 3.05) is 26.9 Å². The number of halogens is 1. The molecule has 0 radical (unpaired) electrons. The van der Waals surface area contributed by atoms with E-state index in [-0.39, 0.29) is 11.3 Å². The van der Waals surface area contributed by atoms with Gasteiger partial charge in [0.2, 0.25) is 5.91 Å². The fraction of sp³-hybridized carbons (Fsp3) is 0.409. The van der Waals surface area contributed by atoms with Crippen molar-refractivity contribution in [2.45, 2.75) is 32.1 Å².